The van der Waals surface area contributed by atoms with Crippen LogP contribution in [0.5, 0.6) is 5.75 Å². The van der Waals surface area contributed by atoms with E-state index >= 15 is 0 Å². The fourth-order valence-electron chi connectivity index (χ4n) is 1.71. The van der Waals surface area contributed by atoms with Crippen molar-refractivity contribution in [2.45, 2.75) is 0 Å². The summed E-state index contributed by atoms with van der Waals surface area (Å²) in [5.74, 6) is -0.323. The monoisotopic (exact) mass is 258 g/mol. The Bertz CT molecular complexity index is 611. The largest absolute Gasteiger partial charge is 0.497 e. The van der Waals surface area contributed by atoms with Gasteiger partial charge in [-0.05, 0) is 30.3 Å². The van der Waals surface area contributed by atoms with Gasteiger partial charge in [0.1, 0.15) is 5.75 Å². The first-order chi connectivity index (χ1) is 9.10. The Balaban J connectivity index is 2.36. The van der Waals surface area contributed by atoms with Crippen LogP contribution in [0.3, 0.4) is 0 Å². The van der Waals surface area contributed by atoms with Crippen molar-refractivity contribution < 1.29 is 14.6 Å². The van der Waals surface area contributed by atoms with Crippen molar-refractivity contribution in [2.75, 3.05) is 18.2 Å². The second-order valence-electron chi connectivity index (χ2n) is 3.97. The normalized spacial score (nSPS) is 9.95. The number of benzene rings is 2. The van der Waals surface area contributed by atoms with Crippen LogP contribution >= 0.6 is 0 Å². The second-order valence-corrected chi connectivity index (χ2v) is 3.97. The number of hydrogen-bond acceptors (Lipinski definition) is 4. The van der Waals surface area contributed by atoms with Crippen LogP contribution in [0, 0.1) is 0 Å². The van der Waals surface area contributed by atoms with Crippen LogP contribution in [-0.2, 0) is 0 Å². The second kappa shape index (κ2) is 5.30. The molecule has 2 aromatic rings. The number of ether oxygens (including phenoxy) is 1. The van der Waals surface area contributed by atoms with Crippen LogP contribution in [0.15, 0.2) is 42.5 Å². The molecule has 5 nitrogen and oxygen atoms in total. The highest BCUT2D eigenvalue weighted by molar-refractivity contribution is 5.96. The van der Waals surface area contributed by atoms with Gasteiger partial charge in [-0.1, -0.05) is 6.07 Å². The lowest BCUT2D eigenvalue weighted by Gasteiger charge is -2.11. The van der Waals surface area contributed by atoms with Crippen LogP contribution < -0.4 is 15.8 Å². The SMILES string of the molecule is COc1cccc(Nc2cc(N)ccc2C(=O)O)c1. The van der Waals surface area contributed by atoms with Gasteiger partial charge in [-0.15, -0.1) is 0 Å². The molecule has 0 amide bonds. The third-order valence-electron chi connectivity index (χ3n) is 2.62. The first kappa shape index (κ1) is 12.8. The molecule has 0 aliphatic rings. The van der Waals surface area contributed by atoms with Crippen molar-refractivity contribution in [3.63, 3.8) is 0 Å². The summed E-state index contributed by atoms with van der Waals surface area (Å²) < 4.78 is 5.11. The van der Waals surface area contributed by atoms with Crippen molar-refractivity contribution in [1.82, 2.24) is 0 Å². The highest BCUT2D eigenvalue weighted by Gasteiger charge is 2.10. The van der Waals surface area contributed by atoms with Gasteiger partial charge >= 0.3 is 5.97 Å². The van der Waals surface area contributed by atoms with Crippen LogP contribution in [0.1, 0.15) is 10.4 Å². The summed E-state index contributed by atoms with van der Waals surface area (Å²) in [6.07, 6.45) is 0. The lowest BCUT2D eigenvalue weighted by Crippen LogP contribution is -2.03. The Labute approximate surface area is 110 Å². The molecule has 0 heterocycles. The minimum atomic E-state index is -1.01. The molecule has 0 aliphatic carbocycles. The number of aromatic carboxylic acids is 1. The van der Waals surface area contributed by atoms with E-state index in [1.807, 2.05) is 18.2 Å². The van der Waals surface area contributed by atoms with Gasteiger partial charge in [0.2, 0.25) is 0 Å². The average Bonchev–Trinajstić information content (AvgIpc) is 2.38. The molecule has 5 heteroatoms. The summed E-state index contributed by atoms with van der Waals surface area (Å²) >= 11 is 0. The van der Waals surface area contributed by atoms with Gasteiger partial charge in [-0.25, -0.2) is 4.79 Å². The predicted molar refractivity (Wildman–Crippen MR) is 74.1 cm³/mol. The topological polar surface area (TPSA) is 84.6 Å². The smallest absolute Gasteiger partial charge is 0.337 e. The summed E-state index contributed by atoms with van der Waals surface area (Å²) in [5.41, 5.74) is 7.51. The molecule has 0 atom stereocenters. The number of carboxylic acid groups (broad SMARTS) is 1. The summed E-state index contributed by atoms with van der Waals surface area (Å²) in [5, 5.41) is 12.2. The summed E-state index contributed by atoms with van der Waals surface area (Å²) in [4.78, 5) is 11.1. The number of carbonyl (C=O) groups is 1. The molecule has 4 N–H and O–H groups in total. The molecule has 0 spiro atoms. The van der Waals surface area contributed by atoms with Crippen molar-refractivity contribution in [1.29, 1.82) is 0 Å². The molecule has 98 valence electrons. The molecular weight excluding hydrogens is 244 g/mol. The number of carboxylic acids is 1. The van der Waals surface area contributed by atoms with Crippen molar-refractivity contribution in [3.8, 4) is 5.75 Å². The lowest BCUT2D eigenvalue weighted by atomic mass is 10.1. The Morgan fingerprint density at radius 3 is 2.74 bits per heavy atom. The van der Waals surface area contributed by atoms with Crippen LogP contribution in [0.25, 0.3) is 0 Å². The highest BCUT2D eigenvalue weighted by atomic mass is 16.5. The minimum Gasteiger partial charge on any atom is -0.497 e. The van der Waals surface area contributed by atoms with E-state index in [1.54, 1.807) is 25.3 Å². The van der Waals surface area contributed by atoms with Gasteiger partial charge in [0.15, 0.2) is 0 Å². The van der Waals surface area contributed by atoms with Gasteiger partial charge in [0.25, 0.3) is 0 Å². The van der Waals surface area contributed by atoms with Gasteiger partial charge in [0, 0.05) is 17.4 Å². The third-order valence-corrected chi connectivity index (χ3v) is 2.62. The van der Waals surface area contributed by atoms with Crippen LogP contribution in [0.2, 0.25) is 0 Å². The Morgan fingerprint density at radius 2 is 2.05 bits per heavy atom. The van der Waals surface area contributed by atoms with E-state index in [4.69, 9.17) is 15.6 Å². The average molecular weight is 258 g/mol. The number of nitrogens with one attached hydrogen (secondary N) is 1. The van der Waals surface area contributed by atoms with Crippen LogP contribution in [-0.4, -0.2) is 18.2 Å². The number of hydrogen-bond donors (Lipinski definition) is 3. The van der Waals surface area contributed by atoms with Crippen molar-refractivity contribution in [2.24, 2.45) is 0 Å². The third kappa shape index (κ3) is 2.95. The van der Waals surface area contributed by atoms with E-state index in [-0.39, 0.29) is 5.56 Å². The Kier molecular flexibility index (Phi) is 3.56. The first-order valence-corrected chi connectivity index (χ1v) is 5.64. The quantitative estimate of drug-likeness (QED) is 0.734. The fraction of sp³-hybridized carbons (Fsp3) is 0.0714. The highest BCUT2D eigenvalue weighted by Crippen LogP contribution is 2.25. The Morgan fingerprint density at radius 1 is 1.26 bits per heavy atom. The van der Waals surface area contributed by atoms with E-state index in [2.05, 4.69) is 5.32 Å². The number of nitrogens with two attached hydrogens (primary N) is 1. The number of methoxy groups -OCH3 is 1. The molecule has 0 saturated carbocycles. The maximum atomic E-state index is 11.1. The molecule has 2 rings (SSSR count). The van der Waals surface area contributed by atoms with Crippen molar-refractivity contribution >= 4 is 23.0 Å². The molecule has 0 unspecified atom stereocenters. The van der Waals surface area contributed by atoms with Gasteiger partial charge in [-0.2, -0.15) is 0 Å². The molecule has 0 saturated heterocycles. The number of anilines is 3. The minimum absolute atomic E-state index is 0.164. The van der Waals surface area contributed by atoms with Gasteiger partial charge in [0.05, 0.1) is 18.4 Å². The number of nitrogen functional groups attached to an aromatic ring is 1. The predicted octanol–water partition coefficient (Wildman–Crippen LogP) is 2.72. The van der Waals surface area contributed by atoms with Crippen molar-refractivity contribution in [3.05, 3.63) is 48.0 Å². The first-order valence-electron chi connectivity index (χ1n) is 5.64. The van der Waals surface area contributed by atoms with E-state index in [0.29, 0.717) is 17.1 Å². The maximum absolute atomic E-state index is 11.1. The maximum Gasteiger partial charge on any atom is 0.337 e. The van der Waals surface area contributed by atoms with Crippen LogP contribution in [0.4, 0.5) is 17.1 Å². The molecule has 0 aromatic heterocycles. The molecule has 0 radical (unpaired) electrons. The van der Waals surface area contributed by atoms with Gasteiger partial charge in [-0.3, -0.25) is 0 Å². The molecule has 0 fully saturated rings. The lowest BCUT2D eigenvalue weighted by molar-refractivity contribution is 0.0698. The molecule has 2 aromatic carbocycles. The van der Waals surface area contributed by atoms with E-state index in [9.17, 15) is 4.79 Å². The fourth-order valence-corrected chi connectivity index (χ4v) is 1.71. The zero-order valence-corrected chi connectivity index (χ0v) is 10.4. The molecular formula is C14H14N2O3. The van der Waals surface area contributed by atoms with Gasteiger partial charge < -0.3 is 20.9 Å². The summed E-state index contributed by atoms with van der Waals surface area (Å²) in [6, 6.07) is 11.8. The molecule has 0 bridgehead atoms. The Hall–Kier alpha value is -2.69. The standard InChI is InChI=1S/C14H14N2O3/c1-19-11-4-2-3-10(8-11)16-13-7-9(15)5-6-12(13)14(17)18/h2-8,16H,15H2,1H3,(H,17,18). The number of rotatable bonds is 4. The zero-order chi connectivity index (χ0) is 13.8. The summed E-state index contributed by atoms with van der Waals surface area (Å²) in [6.45, 7) is 0. The summed E-state index contributed by atoms with van der Waals surface area (Å²) in [7, 11) is 1.57. The van der Waals surface area contributed by atoms with E-state index in [1.165, 1.54) is 6.07 Å². The van der Waals surface area contributed by atoms with E-state index < -0.39 is 5.97 Å². The molecule has 0 aliphatic heterocycles. The van der Waals surface area contributed by atoms with E-state index in [0.717, 1.165) is 5.69 Å². The zero-order valence-electron chi connectivity index (χ0n) is 10.4. The molecule has 19 heavy (non-hydrogen) atoms.